The first-order valence-electron chi connectivity index (χ1n) is 8.83. The minimum Gasteiger partial charge on any atom is -0.161 e. The summed E-state index contributed by atoms with van der Waals surface area (Å²) in [6.07, 6.45) is 4.37. The second kappa shape index (κ2) is 7.77. The number of rotatable bonds is 5. The topological polar surface area (TPSA) is 0 Å². The Labute approximate surface area is 164 Å². The van der Waals surface area contributed by atoms with Gasteiger partial charge in [0.05, 0.1) is 0 Å². The number of hydrogen-bond donors (Lipinski definition) is 0. The van der Waals surface area contributed by atoms with Gasteiger partial charge in [-0.05, 0) is 56.3 Å². The first kappa shape index (κ1) is 17.5. The van der Waals surface area contributed by atoms with Gasteiger partial charge >= 0.3 is 0 Å². The van der Waals surface area contributed by atoms with Crippen molar-refractivity contribution in [1.29, 1.82) is 0 Å². The number of thioether (sulfide) groups is 2. The zero-order valence-electron chi connectivity index (χ0n) is 15.2. The smallest absolute Gasteiger partial charge is 0.0188 e. The van der Waals surface area contributed by atoms with Gasteiger partial charge in [-0.1, -0.05) is 72.8 Å². The van der Waals surface area contributed by atoms with Crippen LogP contribution < -0.4 is 0 Å². The Kier molecular flexibility index (Phi) is 5.23. The Morgan fingerprint density at radius 3 is 1.38 bits per heavy atom. The lowest BCUT2D eigenvalue weighted by Crippen LogP contribution is -1.96. The fourth-order valence-corrected chi connectivity index (χ4v) is 4.88. The average Bonchev–Trinajstić information content (AvgIpc) is 2.69. The second-order valence-corrected chi connectivity index (χ2v) is 8.24. The van der Waals surface area contributed by atoms with E-state index in [1.165, 1.54) is 43.8 Å². The number of benzene rings is 4. The summed E-state index contributed by atoms with van der Waals surface area (Å²) >= 11 is 3.78. The van der Waals surface area contributed by atoms with Crippen molar-refractivity contribution in [2.45, 2.75) is 11.5 Å². The molecular weight excluding hydrogens is 352 g/mol. The molecule has 0 aromatic heterocycles. The fraction of sp³-hybridized carbons (Fsp3) is 0.167. The van der Waals surface area contributed by atoms with Crippen LogP contribution >= 0.6 is 23.5 Å². The van der Waals surface area contributed by atoms with Crippen molar-refractivity contribution in [3.05, 3.63) is 83.9 Å². The van der Waals surface area contributed by atoms with Gasteiger partial charge in [-0.15, -0.1) is 0 Å². The van der Waals surface area contributed by atoms with Crippen molar-refractivity contribution in [3.8, 4) is 11.1 Å². The molecule has 0 unspecified atom stereocenters. The first-order valence-corrected chi connectivity index (χ1v) is 11.6. The molecule has 2 heteroatoms. The summed E-state index contributed by atoms with van der Waals surface area (Å²) in [4.78, 5) is 0. The highest BCUT2D eigenvalue weighted by atomic mass is 32.2. The SMILES string of the molecule is CSCc1ccc2ccccc2c1-c1c(CSC)ccc2ccccc12. The molecule has 0 bridgehead atoms. The van der Waals surface area contributed by atoms with Gasteiger partial charge < -0.3 is 0 Å². The van der Waals surface area contributed by atoms with Gasteiger partial charge in [0.25, 0.3) is 0 Å². The molecule has 0 N–H and O–H groups in total. The van der Waals surface area contributed by atoms with Crippen LogP contribution in [-0.4, -0.2) is 12.5 Å². The summed E-state index contributed by atoms with van der Waals surface area (Å²) in [7, 11) is 0. The van der Waals surface area contributed by atoms with Crippen LogP contribution in [0.1, 0.15) is 11.1 Å². The zero-order valence-corrected chi connectivity index (χ0v) is 16.8. The monoisotopic (exact) mass is 374 g/mol. The molecule has 0 heterocycles. The maximum absolute atomic E-state index is 2.32. The van der Waals surface area contributed by atoms with Gasteiger partial charge in [0.2, 0.25) is 0 Å². The zero-order chi connectivity index (χ0) is 17.9. The molecule has 4 rings (SSSR count). The van der Waals surface area contributed by atoms with Crippen LogP contribution in [0.2, 0.25) is 0 Å². The summed E-state index contributed by atoms with van der Waals surface area (Å²) in [5, 5.41) is 5.35. The van der Waals surface area contributed by atoms with E-state index in [1.54, 1.807) is 0 Å². The molecule has 0 radical (unpaired) electrons. The maximum atomic E-state index is 2.32. The third kappa shape index (κ3) is 3.13. The van der Waals surface area contributed by atoms with Crippen LogP contribution in [0.3, 0.4) is 0 Å². The van der Waals surface area contributed by atoms with Crippen molar-refractivity contribution in [2.75, 3.05) is 12.5 Å². The molecule has 0 spiro atoms. The van der Waals surface area contributed by atoms with Crippen LogP contribution in [0.15, 0.2) is 72.8 Å². The summed E-state index contributed by atoms with van der Waals surface area (Å²) in [6, 6.07) is 26.8. The molecule has 0 atom stereocenters. The summed E-state index contributed by atoms with van der Waals surface area (Å²) in [5.74, 6) is 2.06. The lowest BCUT2D eigenvalue weighted by molar-refractivity contribution is 1.39. The van der Waals surface area contributed by atoms with Crippen molar-refractivity contribution in [3.63, 3.8) is 0 Å². The first-order chi connectivity index (χ1) is 12.8. The van der Waals surface area contributed by atoms with Crippen LogP contribution in [0.25, 0.3) is 32.7 Å². The van der Waals surface area contributed by atoms with Crippen molar-refractivity contribution >= 4 is 45.1 Å². The minimum atomic E-state index is 1.03. The molecule has 0 amide bonds. The van der Waals surface area contributed by atoms with E-state index in [9.17, 15) is 0 Å². The van der Waals surface area contributed by atoms with E-state index < -0.39 is 0 Å². The molecular formula is C24H22S2. The summed E-state index contributed by atoms with van der Waals surface area (Å²) in [5.41, 5.74) is 5.68. The number of hydrogen-bond acceptors (Lipinski definition) is 2. The Morgan fingerprint density at radius 1 is 0.538 bits per heavy atom. The van der Waals surface area contributed by atoms with E-state index in [1.807, 2.05) is 23.5 Å². The van der Waals surface area contributed by atoms with Gasteiger partial charge in [-0.3, -0.25) is 0 Å². The molecule has 0 aliphatic heterocycles. The molecule has 4 aromatic rings. The highest BCUT2D eigenvalue weighted by Crippen LogP contribution is 2.40. The molecule has 0 aliphatic carbocycles. The highest BCUT2D eigenvalue weighted by Gasteiger charge is 2.16. The third-order valence-electron chi connectivity index (χ3n) is 4.88. The largest absolute Gasteiger partial charge is 0.161 e. The Hall–Kier alpha value is -1.90. The number of fused-ring (bicyclic) bond motifs is 2. The van der Waals surface area contributed by atoms with Gasteiger partial charge in [0.15, 0.2) is 0 Å². The van der Waals surface area contributed by atoms with E-state index in [0.29, 0.717) is 0 Å². The lowest BCUT2D eigenvalue weighted by atomic mass is 9.88. The van der Waals surface area contributed by atoms with Gasteiger partial charge in [0, 0.05) is 11.5 Å². The van der Waals surface area contributed by atoms with Crippen molar-refractivity contribution < 1.29 is 0 Å². The van der Waals surface area contributed by atoms with Crippen LogP contribution in [0, 0.1) is 0 Å². The highest BCUT2D eigenvalue weighted by molar-refractivity contribution is 7.98. The Morgan fingerprint density at radius 2 is 0.962 bits per heavy atom. The average molecular weight is 375 g/mol. The minimum absolute atomic E-state index is 1.03. The lowest BCUT2D eigenvalue weighted by Gasteiger charge is -2.19. The van der Waals surface area contributed by atoms with Gasteiger partial charge in [-0.2, -0.15) is 23.5 Å². The Balaban J connectivity index is 2.15. The van der Waals surface area contributed by atoms with Crippen LogP contribution in [0.4, 0.5) is 0 Å². The molecule has 0 fully saturated rings. The maximum Gasteiger partial charge on any atom is 0.0188 e. The standard InChI is InChI=1S/C24H22S2/c1-25-15-19-13-11-17-7-3-5-9-21(17)23(19)24-20(16-26-2)14-12-18-8-4-6-10-22(18)24/h3-14H,15-16H2,1-2H3. The predicted octanol–water partition coefficient (Wildman–Crippen LogP) is 7.39. The fourth-order valence-electron chi connectivity index (χ4n) is 3.78. The van der Waals surface area contributed by atoms with E-state index in [2.05, 4.69) is 85.3 Å². The molecule has 0 nitrogen and oxygen atoms in total. The van der Waals surface area contributed by atoms with Crippen LogP contribution in [-0.2, 0) is 11.5 Å². The van der Waals surface area contributed by atoms with Crippen LogP contribution in [0.5, 0.6) is 0 Å². The molecule has 26 heavy (non-hydrogen) atoms. The summed E-state index contributed by atoms with van der Waals surface area (Å²) < 4.78 is 0. The molecule has 130 valence electrons. The van der Waals surface area contributed by atoms with Gasteiger partial charge in [-0.25, -0.2) is 0 Å². The summed E-state index contributed by atoms with van der Waals surface area (Å²) in [6.45, 7) is 0. The molecule has 4 aromatic carbocycles. The van der Waals surface area contributed by atoms with Gasteiger partial charge in [0.1, 0.15) is 0 Å². The van der Waals surface area contributed by atoms with E-state index >= 15 is 0 Å². The normalized spacial score (nSPS) is 11.3. The Bertz CT molecular complexity index is 979. The quantitative estimate of drug-likeness (QED) is 0.357. The van der Waals surface area contributed by atoms with Crippen molar-refractivity contribution in [2.24, 2.45) is 0 Å². The van der Waals surface area contributed by atoms with E-state index in [-0.39, 0.29) is 0 Å². The van der Waals surface area contributed by atoms with Crippen molar-refractivity contribution in [1.82, 2.24) is 0 Å². The molecule has 0 saturated heterocycles. The second-order valence-electron chi connectivity index (χ2n) is 6.51. The molecule has 0 aliphatic rings. The molecule has 0 saturated carbocycles. The predicted molar refractivity (Wildman–Crippen MR) is 121 cm³/mol. The van der Waals surface area contributed by atoms with E-state index in [0.717, 1.165) is 11.5 Å². The third-order valence-corrected chi connectivity index (χ3v) is 6.08. The van der Waals surface area contributed by atoms with E-state index in [4.69, 9.17) is 0 Å².